The average molecular weight is 360 g/mol. The Hall–Kier alpha value is -1.90. The van der Waals surface area contributed by atoms with E-state index in [9.17, 15) is 23.1 Å². The number of amides is 1. The Balaban J connectivity index is 0.00000109. The molecule has 0 spiro atoms. The van der Waals surface area contributed by atoms with Crippen molar-refractivity contribution in [1.82, 2.24) is 14.9 Å². The highest BCUT2D eigenvalue weighted by Crippen LogP contribution is 2.29. The van der Waals surface area contributed by atoms with E-state index in [1.165, 1.54) is 0 Å². The summed E-state index contributed by atoms with van der Waals surface area (Å²) in [4.78, 5) is 22.9. The summed E-state index contributed by atoms with van der Waals surface area (Å²) in [6.07, 6.45) is -1.94. The quantitative estimate of drug-likeness (QED) is 0.875. The van der Waals surface area contributed by atoms with Gasteiger partial charge in [0.05, 0.1) is 5.56 Å². The molecule has 3 rings (SSSR count). The minimum absolute atomic E-state index is 0.0605. The van der Waals surface area contributed by atoms with Crippen molar-refractivity contribution in [3.63, 3.8) is 0 Å². The Bertz CT molecular complexity index is 572. The lowest BCUT2D eigenvalue weighted by atomic mass is 10.0. The number of piperidine rings is 1. The van der Waals surface area contributed by atoms with Gasteiger partial charge < -0.3 is 14.9 Å². The number of aliphatic hydroxyl groups excluding tert-OH is 1. The number of aliphatic hydroxyl groups is 1. The minimum atomic E-state index is -4.44. The van der Waals surface area contributed by atoms with Crippen LogP contribution in [-0.2, 0) is 11.0 Å². The number of hydrogen-bond donors (Lipinski definition) is 1. The molecule has 0 radical (unpaired) electrons. The SMILES string of the molecule is CC.O=C1C(O)CCN1C1CCN(c2ncc(C(F)(F)F)cn2)CC1. The second kappa shape index (κ2) is 7.99. The fourth-order valence-corrected chi connectivity index (χ4v) is 3.06. The second-order valence-corrected chi connectivity index (χ2v) is 5.82. The number of rotatable bonds is 2. The van der Waals surface area contributed by atoms with E-state index in [1.807, 2.05) is 18.7 Å². The summed E-state index contributed by atoms with van der Waals surface area (Å²) in [6, 6.07) is 0.0605. The Labute approximate surface area is 144 Å². The molecule has 0 aliphatic carbocycles. The number of alkyl halides is 3. The topological polar surface area (TPSA) is 69.6 Å². The highest BCUT2D eigenvalue weighted by Gasteiger charge is 2.36. The number of anilines is 1. The zero-order valence-corrected chi connectivity index (χ0v) is 14.3. The number of carbonyl (C=O) groups is 1. The summed E-state index contributed by atoms with van der Waals surface area (Å²) >= 11 is 0. The molecule has 0 aromatic carbocycles. The van der Waals surface area contributed by atoms with E-state index in [2.05, 4.69) is 9.97 Å². The van der Waals surface area contributed by atoms with Crippen LogP contribution in [0, 0.1) is 0 Å². The highest BCUT2D eigenvalue weighted by atomic mass is 19.4. The molecule has 25 heavy (non-hydrogen) atoms. The van der Waals surface area contributed by atoms with Gasteiger partial charge in [0.25, 0.3) is 5.91 Å². The van der Waals surface area contributed by atoms with Gasteiger partial charge in [-0.3, -0.25) is 4.79 Å². The first-order chi connectivity index (χ1) is 11.9. The Morgan fingerprint density at radius 3 is 2.08 bits per heavy atom. The summed E-state index contributed by atoms with van der Waals surface area (Å²) in [5.74, 6) is 0.0402. The van der Waals surface area contributed by atoms with Gasteiger partial charge in [0.2, 0.25) is 5.95 Å². The highest BCUT2D eigenvalue weighted by molar-refractivity contribution is 5.83. The van der Waals surface area contributed by atoms with Crippen LogP contribution >= 0.6 is 0 Å². The molecule has 0 bridgehead atoms. The lowest BCUT2D eigenvalue weighted by Crippen LogP contribution is -2.46. The molecule has 140 valence electrons. The van der Waals surface area contributed by atoms with E-state index < -0.39 is 17.8 Å². The maximum absolute atomic E-state index is 12.5. The zero-order chi connectivity index (χ0) is 18.6. The molecule has 1 amide bonds. The molecule has 1 aromatic rings. The second-order valence-electron chi connectivity index (χ2n) is 5.82. The van der Waals surface area contributed by atoms with Crippen molar-refractivity contribution in [3.8, 4) is 0 Å². The third-order valence-electron chi connectivity index (χ3n) is 4.37. The van der Waals surface area contributed by atoms with Gasteiger partial charge >= 0.3 is 6.18 Å². The number of nitrogens with zero attached hydrogens (tertiary/aromatic N) is 4. The van der Waals surface area contributed by atoms with Gasteiger partial charge in [-0.25, -0.2) is 9.97 Å². The van der Waals surface area contributed by atoms with Gasteiger partial charge in [-0.15, -0.1) is 0 Å². The molecule has 2 saturated heterocycles. The lowest BCUT2D eigenvalue weighted by molar-refractivity contribution is -0.138. The average Bonchev–Trinajstić information content (AvgIpc) is 2.95. The van der Waals surface area contributed by atoms with Crippen molar-refractivity contribution in [2.24, 2.45) is 0 Å². The molecule has 2 fully saturated rings. The van der Waals surface area contributed by atoms with Crippen LogP contribution in [0.5, 0.6) is 0 Å². The molecule has 9 heteroatoms. The van der Waals surface area contributed by atoms with Gasteiger partial charge in [0.15, 0.2) is 0 Å². The molecule has 0 saturated carbocycles. The molecule has 3 heterocycles. The first-order valence-corrected chi connectivity index (χ1v) is 8.49. The van der Waals surface area contributed by atoms with Crippen LogP contribution in [0.25, 0.3) is 0 Å². The van der Waals surface area contributed by atoms with E-state index in [-0.39, 0.29) is 17.9 Å². The molecule has 2 aliphatic heterocycles. The summed E-state index contributed by atoms with van der Waals surface area (Å²) in [7, 11) is 0. The first-order valence-electron chi connectivity index (χ1n) is 8.49. The van der Waals surface area contributed by atoms with Gasteiger partial charge in [0.1, 0.15) is 6.10 Å². The van der Waals surface area contributed by atoms with Crippen LogP contribution < -0.4 is 4.90 Å². The van der Waals surface area contributed by atoms with Crippen LogP contribution in [0.1, 0.15) is 38.7 Å². The summed E-state index contributed by atoms with van der Waals surface area (Å²) in [5.41, 5.74) is -0.868. The smallest absolute Gasteiger partial charge is 0.383 e. The van der Waals surface area contributed by atoms with Gasteiger partial charge in [-0.2, -0.15) is 13.2 Å². The van der Waals surface area contributed by atoms with Crippen LogP contribution in [0.3, 0.4) is 0 Å². The van der Waals surface area contributed by atoms with E-state index in [0.717, 1.165) is 12.4 Å². The number of hydrogen-bond acceptors (Lipinski definition) is 5. The summed E-state index contributed by atoms with van der Waals surface area (Å²) < 4.78 is 37.5. The third-order valence-corrected chi connectivity index (χ3v) is 4.37. The van der Waals surface area contributed by atoms with Crippen molar-refractivity contribution in [3.05, 3.63) is 18.0 Å². The fraction of sp³-hybridized carbons (Fsp3) is 0.688. The first kappa shape index (κ1) is 19.4. The third kappa shape index (κ3) is 4.39. The Morgan fingerprint density at radius 1 is 1.08 bits per heavy atom. The van der Waals surface area contributed by atoms with Crippen molar-refractivity contribution < 1.29 is 23.1 Å². The number of likely N-dealkylation sites (tertiary alicyclic amines) is 1. The predicted molar refractivity (Wildman–Crippen MR) is 86.0 cm³/mol. The van der Waals surface area contributed by atoms with Crippen LogP contribution in [0.4, 0.5) is 19.1 Å². The van der Waals surface area contributed by atoms with E-state index in [1.54, 1.807) is 4.90 Å². The molecule has 1 N–H and O–H groups in total. The minimum Gasteiger partial charge on any atom is -0.383 e. The molecule has 6 nitrogen and oxygen atoms in total. The summed E-state index contributed by atoms with van der Waals surface area (Å²) in [5, 5.41) is 9.51. The molecule has 2 aliphatic rings. The van der Waals surface area contributed by atoms with Gasteiger partial charge in [-0.1, -0.05) is 13.8 Å². The van der Waals surface area contributed by atoms with E-state index >= 15 is 0 Å². The van der Waals surface area contributed by atoms with Gasteiger partial charge in [0, 0.05) is 38.1 Å². The zero-order valence-electron chi connectivity index (χ0n) is 14.3. The van der Waals surface area contributed by atoms with Crippen molar-refractivity contribution in [2.45, 2.75) is 51.4 Å². The number of aromatic nitrogens is 2. The standard InChI is InChI=1S/C14H17F3N4O2.C2H6/c15-14(16,17)9-7-18-13(19-8-9)20-4-1-10(2-5-20)21-6-3-11(22)12(21)23;1-2/h7-8,10-11,22H,1-6H2;1-2H3. The molecular weight excluding hydrogens is 337 g/mol. The van der Waals surface area contributed by atoms with Crippen LogP contribution in [0.15, 0.2) is 12.4 Å². The van der Waals surface area contributed by atoms with Crippen molar-refractivity contribution in [2.75, 3.05) is 24.5 Å². The molecule has 1 atom stereocenters. The van der Waals surface area contributed by atoms with Crippen LogP contribution in [0.2, 0.25) is 0 Å². The largest absolute Gasteiger partial charge is 0.419 e. The van der Waals surface area contributed by atoms with Gasteiger partial charge in [-0.05, 0) is 19.3 Å². The maximum atomic E-state index is 12.5. The number of carbonyl (C=O) groups excluding carboxylic acids is 1. The predicted octanol–water partition coefficient (Wildman–Crippen LogP) is 2.08. The number of halogens is 3. The maximum Gasteiger partial charge on any atom is 0.419 e. The van der Waals surface area contributed by atoms with E-state index in [4.69, 9.17) is 0 Å². The van der Waals surface area contributed by atoms with Crippen molar-refractivity contribution in [1.29, 1.82) is 0 Å². The molecule has 1 aromatic heterocycles. The Kier molecular flexibility index (Phi) is 6.21. The van der Waals surface area contributed by atoms with E-state index in [0.29, 0.717) is 38.9 Å². The Morgan fingerprint density at radius 2 is 1.64 bits per heavy atom. The van der Waals surface area contributed by atoms with Crippen molar-refractivity contribution >= 4 is 11.9 Å². The van der Waals surface area contributed by atoms with Crippen LogP contribution in [-0.4, -0.2) is 57.7 Å². The molecular formula is C16H23F3N4O2. The fourth-order valence-electron chi connectivity index (χ4n) is 3.06. The summed E-state index contributed by atoms with van der Waals surface area (Å²) in [6.45, 7) is 5.69. The normalized spacial score (nSPS) is 22.0. The molecule has 1 unspecified atom stereocenters. The lowest BCUT2D eigenvalue weighted by Gasteiger charge is -2.36. The monoisotopic (exact) mass is 360 g/mol.